The summed E-state index contributed by atoms with van der Waals surface area (Å²) in [6.07, 6.45) is 0.264. The first-order valence-corrected chi connectivity index (χ1v) is 11.1. The normalized spacial score (nSPS) is 18.9. The number of nitro benzene ring substituents is 1. The molecule has 1 aromatic heterocycles. The second-order valence-electron chi connectivity index (χ2n) is 8.64. The van der Waals surface area contributed by atoms with Crippen molar-refractivity contribution >= 4 is 23.4 Å². The van der Waals surface area contributed by atoms with E-state index in [1.54, 1.807) is 60.9 Å². The molecule has 35 heavy (non-hydrogen) atoms. The average molecular weight is 474 g/mol. The zero-order valence-corrected chi connectivity index (χ0v) is 19.1. The van der Waals surface area contributed by atoms with Gasteiger partial charge in [-0.1, -0.05) is 24.3 Å². The van der Waals surface area contributed by atoms with Gasteiger partial charge in [-0.05, 0) is 32.0 Å². The lowest BCUT2D eigenvalue weighted by molar-refractivity contribution is -0.384. The lowest BCUT2D eigenvalue weighted by Crippen LogP contribution is -2.47. The van der Waals surface area contributed by atoms with Gasteiger partial charge in [0.05, 0.1) is 23.8 Å². The van der Waals surface area contributed by atoms with Crippen LogP contribution < -0.4 is 10.1 Å². The van der Waals surface area contributed by atoms with E-state index in [9.17, 15) is 24.5 Å². The number of hydrogen-bond donors (Lipinski definition) is 1. The number of urea groups is 1. The van der Waals surface area contributed by atoms with E-state index in [1.165, 1.54) is 12.1 Å². The fraction of sp³-hybridized carbons (Fsp3) is 0.240. The van der Waals surface area contributed by atoms with Crippen LogP contribution in [0.15, 0.2) is 54.6 Å². The van der Waals surface area contributed by atoms with Crippen LogP contribution >= 0.6 is 0 Å². The number of aromatic nitrogens is 1. The molecule has 3 heterocycles. The summed E-state index contributed by atoms with van der Waals surface area (Å²) in [6.45, 7) is 3.34. The van der Waals surface area contributed by atoms with Gasteiger partial charge in [0, 0.05) is 41.1 Å². The maximum Gasteiger partial charge on any atom is 0.325 e. The van der Waals surface area contributed by atoms with Crippen LogP contribution in [0.5, 0.6) is 5.75 Å². The molecule has 0 aliphatic carbocycles. The zero-order valence-electron chi connectivity index (χ0n) is 19.1. The van der Waals surface area contributed by atoms with Crippen molar-refractivity contribution in [2.45, 2.75) is 25.8 Å². The number of nitro groups is 1. The van der Waals surface area contributed by atoms with E-state index in [0.29, 0.717) is 34.0 Å². The van der Waals surface area contributed by atoms with E-state index >= 15 is 0 Å². The Kier molecular flexibility index (Phi) is 5.16. The molecule has 2 aromatic carbocycles. The van der Waals surface area contributed by atoms with Gasteiger partial charge in [0.2, 0.25) is 0 Å². The first-order valence-electron chi connectivity index (χ1n) is 11.1. The van der Waals surface area contributed by atoms with Crippen LogP contribution in [0.1, 0.15) is 33.7 Å². The summed E-state index contributed by atoms with van der Waals surface area (Å²) in [5.41, 5.74) is 1.38. The Labute approximate surface area is 200 Å². The van der Waals surface area contributed by atoms with E-state index < -0.39 is 34.7 Å². The van der Waals surface area contributed by atoms with Gasteiger partial charge in [-0.3, -0.25) is 24.6 Å². The van der Waals surface area contributed by atoms with Crippen LogP contribution in [-0.4, -0.2) is 45.3 Å². The van der Waals surface area contributed by atoms with E-state index in [1.807, 2.05) is 0 Å². The molecule has 2 aliphatic rings. The van der Waals surface area contributed by atoms with E-state index in [4.69, 9.17) is 4.74 Å². The summed E-state index contributed by atoms with van der Waals surface area (Å²) in [7, 11) is 0. The Morgan fingerprint density at radius 2 is 1.91 bits per heavy atom. The van der Waals surface area contributed by atoms with E-state index in [2.05, 4.69) is 5.32 Å². The number of ketones is 1. The highest BCUT2D eigenvalue weighted by atomic mass is 16.6. The highest BCUT2D eigenvalue weighted by Gasteiger charge is 2.55. The summed E-state index contributed by atoms with van der Waals surface area (Å²) in [6, 6.07) is 14.2. The molecule has 5 rings (SSSR count). The molecule has 0 radical (unpaired) electrons. The number of hydrogen-bond acceptors (Lipinski definition) is 6. The van der Waals surface area contributed by atoms with Crippen molar-refractivity contribution < 1.29 is 24.0 Å². The first kappa shape index (κ1) is 22.3. The van der Waals surface area contributed by atoms with Crippen molar-refractivity contribution in [3.05, 3.63) is 87.2 Å². The van der Waals surface area contributed by atoms with Gasteiger partial charge in [-0.25, -0.2) is 4.79 Å². The molecule has 10 heteroatoms. The molecular weight excluding hydrogens is 452 g/mol. The number of amides is 3. The summed E-state index contributed by atoms with van der Waals surface area (Å²) in [4.78, 5) is 51.3. The first-order chi connectivity index (χ1) is 16.7. The molecule has 2 aliphatic heterocycles. The molecule has 1 spiro atoms. The number of carbonyl (C=O) groups excluding carboxylic acids is 3. The smallest absolute Gasteiger partial charge is 0.325 e. The van der Waals surface area contributed by atoms with Gasteiger partial charge in [-0.2, -0.15) is 0 Å². The van der Waals surface area contributed by atoms with Crippen molar-refractivity contribution in [2.75, 3.05) is 13.2 Å². The fourth-order valence-corrected chi connectivity index (χ4v) is 4.93. The van der Waals surface area contributed by atoms with Crippen LogP contribution in [0.2, 0.25) is 0 Å². The molecule has 0 saturated carbocycles. The van der Waals surface area contributed by atoms with E-state index in [0.717, 1.165) is 4.90 Å². The number of nitrogens with one attached hydrogen (secondary N) is 1. The average Bonchev–Trinajstić information content (AvgIpc) is 3.27. The minimum absolute atomic E-state index is 0.0655. The predicted molar refractivity (Wildman–Crippen MR) is 125 cm³/mol. The van der Waals surface area contributed by atoms with Crippen LogP contribution in [-0.2, 0) is 10.3 Å². The number of rotatable bonds is 5. The molecule has 3 aromatic rings. The third-order valence-corrected chi connectivity index (χ3v) is 6.59. The molecule has 178 valence electrons. The molecular formula is C25H22N4O6. The molecule has 1 atom stereocenters. The minimum Gasteiger partial charge on any atom is -0.493 e. The Morgan fingerprint density at radius 3 is 2.69 bits per heavy atom. The van der Waals surface area contributed by atoms with E-state index in [-0.39, 0.29) is 18.7 Å². The van der Waals surface area contributed by atoms with Gasteiger partial charge in [0.15, 0.2) is 11.3 Å². The minimum atomic E-state index is -1.26. The predicted octanol–water partition coefficient (Wildman–Crippen LogP) is 3.41. The summed E-state index contributed by atoms with van der Waals surface area (Å²) in [5, 5.41) is 14.0. The summed E-state index contributed by atoms with van der Waals surface area (Å²) in [5.74, 6) is -0.365. The highest BCUT2D eigenvalue weighted by Crippen LogP contribution is 2.41. The largest absolute Gasteiger partial charge is 0.493 e. The quantitative estimate of drug-likeness (QED) is 0.262. The maximum absolute atomic E-state index is 13.5. The lowest BCUT2D eigenvalue weighted by atomic mass is 9.84. The van der Waals surface area contributed by atoms with Gasteiger partial charge in [0.25, 0.3) is 11.6 Å². The Morgan fingerprint density at radius 1 is 1.14 bits per heavy atom. The monoisotopic (exact) mass is 474 g/mol. The van der Waals surface area contributed by atoms with Crippen molar-refractivity contribution in [3.63, 3.8) is 0 Å². The number of imide groups is 1. The highest BCUT2D eigenvalue weighted by molar-refractivity contribution is 6.12. The molecule has 0 bridgehead atoms. The number of fused-ring (bicyclic) bond motifs is 2. The molecule has 1 saturated heterocycles. The van der Waals surface area contributed by atoms with Gasteiger partial charge < -0.3 is 14.6 Å². The number of para-hydroxylation sites is 1. The number of benzene rings is 2. The summed E-state index contributed by atoms with van der Waals surface area (Å²) >= 11 is 0. The maximum atomic E-state index is 13.5. The Hall–Kier alpha value is -4.47. The van der Waals surface area contributed by atoms with Crippen molar-refractivity contribution in [1.29, 1.82) is 0 Å². The van der Waals surface area contributed by atoms with Crippen LogP contribution in [0, 0.1) is 24.0 Å². The topological polar surface area (TPSA) is 124 Å². The van der Waals surface area contributed by atoms with Crippen LogP contribution in [0.3, 0.4) is 0 Å². The summed E-state index contributed by atoms with van der Waals surface area (Å²) < 4.78 is 7.38. The molecule has 1 fully saturated rings. The van der Waals surface area contributed by atoms with Gasteiger partial charge in [-0.15, -0.1) is 0 Å². The number of nitrogens with zero attached hydrogens (tertiary/aromatic N) is 3. The Balaban J connectivity index is 1.44. The zero-order chi connectivity index (χ0) is 24.9. The van der Waals surface area contributed by atoms with Crippen LogP contribution in [0.25, 0.3) is 5.69 Å². The van der Waals surface area contributed by atoms with Crippen LogP contribution in [0.4, 0.5) is 10.5 Å². The third-order valence-electron chi connectivity index (χ3n) is 6.59. The second kappa shape index (κ2) is 8.08. The second-order valence-corrected chi connectivity index (χ2v) is 8.64. The van der Waals surface area contributed by atoms with Gasteiger partial charge >= 0.3 is 6.03 Å². The Bertz CT molecular complexity index is 1410. The molecule has 10 nitrogen and oxygen atoms in total. The van der Waals surface area contributed by atoms with Gasteiger partial charge in [0.1, 0.15) is 5.75 Å². The third kappa shape index (κ3) is 3.45. The number of Topliss-reactive ketones (excluding diaryl/α,β-unsaturated/α-hetero) is 1. The van der Waals surface area contributed by atoms with Crippen molar-refractivity contribution in [3.8, 4) is 11.4 Å². The van der Waals surface area contributed by atoms with Crippen molar-refractivity contribution in [2.24, 2.45) is 0 Å². The number of carbonyl (C=O) groups is 3. The fourth-order valence-electron chi connectivity index (χ4n) is 4.93. The SMILES string of the molecule is Cc1cc(C(=O)CN2C(=O)NC3(CCOc4ccccc43)C2=O)c(C)n1-c1cccc([N+](=O)[O-])c1. The molecule has 3 amide bonds. The molecule has 1 unspecified atom stereocenters. The lowest BCUT2D eigenvalue weighted by Gasteiger charge is -2.33. The standard InChI is InChI=1S/C25H22N4O6/c1-15-12-19(16(2)28(15)17-6-5-7-18(13-17)29(33)34)21(30)14-27-23(31)25(26-24(27)32)10-11-35-22-9-4-3-8-20(22)25/h3-9,12-13H,10-11,14H2,1-2H3,(H,26,32). The number of non-ortho nitro benzene ring substituents is 1. The number of ether oxygens (including phenoxy) is 1. The van der Waals surface area contributed by atoms with Crippen molar-refractivity contribution in [1.82, 2.24) is 14.8 Å². The number of aryl methyl sites for hydroxylation is 1. The molecule has 1 N–H and O–H groups in total.